The smallest absolute Gasteiger partial charge is 0.269 e. The predicted octanol–water partition coefficient (Wildman–Crippen LogP) is 1.69. The highest BCUT2D eigenvalue weighted by Gasteiger charge is 2.16. The van der Waals surface area contributed by atoms with Gasteiger partial charge in [-0.15, -0.1) is 0 Å². The van der Waals surface area contributed by atoms with Crippen molar-refractivity contribution in [1.29, 1.82) is 0 Å². The third kappa shape index (κ3) is 4.33. The number of ether oxygens (including phenoxy) is 2. The number of hydrogen-bond acceptors (Lipinski definition) is 5. The average Bonchev–Trinajstić information content (AvgIpc) is 3.24. The van der Waals surface area contributed by atoms with Crippen LogP contribution in [0.1, 0.15) is 15.9 Å². The van der Waals surface area contributed by atoms with Crippen molar-refractivity contribution in [3.8, 4) is 11.5 Å². The van der Waals surface area contributed by atoms with Gasteiger partial charge in [-0.25, -0.2) is 0 Å². The maximum atomic E-state index is 12.2. The van der Waals surface area contributed by atoms with Crippen molar-refractivity contribution >= 4 is 28.5 Å². The van der Waals surface area contributed by atoms with Crippen LogP contribution in [0.5, 0.6) is 11.5 Å². The van der Waals surface area contributed by atoms with Crippen LogP contribution in [0.4, 0.5) is 0 Å². The Bertz CT molecular complexity index is 1120. The van der Waals surface area contributed by atoms with Gasteiger partial charge >= 0.3 is 0 Å². The third-order valence-electron chi connectivity index (χ3n) is 4.63. The molecule has 0 unspecified atom stereocenters. The third-order valence-corrected chi connectivity index (χ3v) is 4.63. The lowest BCUT2D eigenvalue weighted by Crippen LogP contribution is -2.46. The number of nitrogens with one attached hydrogen (secondary N) is 3. The van der Waals surface area contributed by atoms with Gasteiger partial charge in [-0.1, -0.05) is 42.5 Å². The number of rotatable bonds is 5. The van der Waals surface area contributed by atoms with Gasteiger partial charge in [0.2, 0.25) is 12.7 Å². The first-order valence-corrected chi connectivity index (χ1v) is 9.32. The fourth-order valence-corrected chi connectivity index (χ4v) is 3.14. The molecule has 8 nitrogen and oxygen atoms in total. The lowest BCUT2D eigenvalue weighted by atomic mass is 10.0. The molecule has 3 aromatic rings. The molecule has 0 aromatic heterocycles. The Balaban J connectivity index is 1.25. The van der Waals surface area contributed by atoms with Crippen molar-refractivity contribution in [2.75, 3.05) is 13.3 Å². The number of carbonyl (C=O) groups excluding carboxylic acids is 3. The summed E-state index contributed by atoms with van der Waals surface area (Å²) >= 11 is 0. The molecule has 1 aliphatic heterocycles. The molecule has 0 saturated heterocycles. The second-order valence-electron chi connectivity index (χ2n) is 6.66. The Morgan fingerprint density at radius 3 is 2.53 bits per heavy atom. The van der Waals surface area contributed by atoms with E-state index in [2.05, 4.69) is 16.2 Å². The summed E-state index contributed by atoms with van der Waals surface area (Å²) < 4.78 is 10.4. The van der Waals surface area contributed by atoms with E-state index in [4.69, 9.17) is 9.47 Å². The molecule has 152 valence electrons. The number of benzene rings is 3. The van der Waals surface area contributed by atoms with Crippen LogP contribution in [0, 0.1) is 0 Å². The van der Waals surface area contributed by atoms with Crippen LogP contribution >= 0.6 is 0 Å². The molecule has 0 spiro atoms. The van der Waals surface area contributed by atoms with Crippen LogP contribution in [0.15, 0.2) is 60.7 Å². The largest absolute Gasteiger partial charge is 0.454 e. The van der Waals surface area contributed by atoms with Crippen molar-refractivity contribution < 1.29 is 23.9 Å². The standard InChI is InChI=1S/C22H19N3O5/c26-20(11-15-6-3-5-14-4-1-2-7-17(14)15)23-12-21(27)24-25-22(28)16-8-9-18-19(10-16)30-13-29-18/h1-10H,11-13H2,(H,23,26)(H,24,27)(H,25,28). The van der Waals surface area contributed by atoms with Gasteiger partial charge in [-0.3, -0.25) is 25.2 Å². The molecular formula is C22H19N3O5. The zero-order chi connectivity index (χ0) is 20.9. The minimum absolute atomic E-state index is 0.107. The first-order chi connectivity index (χ1) is 14.6. The summed E-state index contributed by atoms with van der Waals surface area (Å²) in [5, 5.41) is 4.60. The fourth-order valence-electron chi connectivity index (χ4n) is 3.14. The molecule has 0 radical (unpaired) electrons. The van der Waals surface area contributed by atoms with E-state index in [9.17, 15) is 14.4 Å². The van der Waals surface area contributed by atoms with E-state index in [1.54, 1.807) is 12.1 Å². The lowest BCUT2D eigenvalue weighted by Gasteiger charge is -2.10. The summed E-state index contributed by atoms with van der Waals surface area (Å²) in [5.74, 6) is -0.318. The van der Waals surface area contributed by atoms with Crippen LogP contribution in [0.2, 0.25) is 0 Å². The van der Waals surface area contributed by atoms with E-state index in [1.165, 1.54) is 6.07 Å². The minimum atomic E-state index is -0.546. The van der Waals surface area contributed by atoms with E-state index in [0.717, 1.165) is 16.3 Å². The molecular weight excluding hydrogens is 386 g/mol. The molecule has 1 aliphatic rings. The molecule has 0 atom stereocenters. The van der Waals surface area contributed by atoms with Gasteiger partial charge in [-0.2, -0.15) is 0 Å². The summed E-state index contributed by atoms with van der Waals surface area (Å²) in [6.45, 7) is -0.152. The van der Waals surface area contributed by atoms with Crippen LogP contribution in [-0.2, 0) is 16.0 Å². The number of hydrogen-bond donors (Lipinski definition) is 3. The van der Waals surface area contributed by atoms with Gasteiger partial charge in [0.15, 0.2) is 11.5 Å². The summed E-state index contributed by atoms with van der Waals surface area (Å²) in [7, 11) is 0. The van der Waals surface area contributed by atoms with Crippen LogP contribution < -0.4 is 25.6 Å². The first-order valence-electron chi connectivity index (χ1n) is 9.32. The predicted molar refractivity (Wildman–Crippen MR) is 109 cm³/mol. The van der Waals surface area contributed by atoms with Gasteiger partial charge in [0, 0.05) is 5.56 Å². The van der Waals surface area contributed by atoms with Crippen molar-refractivity contribution in [3.63, 3.8) is 0 Å². The van der Waals surface area contributed by atoms with E-state index in [1.807, 2.05) is 42.5 Å². The number of amides is 3. The topological polar surface area (TPSA) is 106 Å². The molecule has 30 heavy (non-hydrogen) atoms. The monoisotopic (exact) mass is 405 g/mol. The summed E-state index contributed by atoms with van der Waals surface area (Å²) in [5.41, 5.74) is 5.76. The molecule has 3 N–H and O–H groups in total. The zero-order valence-electron chi connectivity index (χ0n) is 15.9. The minimum Gasteiger partial charge on any atom is -0.454 e. The summed E-state index contributed by atoms with van der Waals surface area (Å²) in [6, 6.07) is 18.2. The van der Waals surface area contributed by atoms with E-state index in [-0.39, 0.29) is 25.7 Å². The highest BCUT2D eigenvalue weighted by atomic mass is 16.7. The molecule has 0 bridgehead atoms. The highest BCUT2D eigenvalue weighted by molar-refractivity contribution is 5.96. The van der Waals surface area contributed by atoms with Gasteiger partial charge < -0.3 is 14.8 Å². The molecule has 0 fully saturated rings. The maximum absolute atomic E-state index is 12.2. The normalized spacial score (nSPS) is 11.7. The first kappa shape index (κ1) is 19.3. The molecule has 3 aromatic carbocycles. The Morgan fingerprint density at radius 2 is 1.63 bits per heavy atom. The zero-order valence-corrected chi connectivity index (χ0v) is 15.9. The lowest BCUT2D eigenvalue weighted by molar-refractivity contribution is -0.126. The van der Waals surface area contributed by atoms with Gasteiger partial charge in [0.25, 0.3) is 11.8 Å². The number of fused-ring (bicyclic) bond motifs is 2. The van der Waals surface area contributed by atoms with Gasteiger partial charge in [0.05, 0.1) is 13.0 Å². The Morgan fingerprint density at radius 1 is 0.833 bits per heavy atom. The maximum Gasteiger partial charge on any atom is 0.269 e. The van der Waals surface area contributed by atoms with Crippen LogP contribution in [0.25, 0.3) is 10.8 Å². The van der Waals surface area contributed by atoms with Crippen molar-refractivity contribution in [2.24, 2.45) is 0 Å². The Labute approximate surface area is 172 Å². The van der Waals surface area contributed by atoms with Crippen LogP contribution in [-0.4, -0.2) is 31.1 Å². The van der Waals surface area contributed by atoms with E-state index < -0.39 is 11.8 Å². The SMILES string of the molecule is O=C(Cc1cccc2ccccc12)NCC(=O)NNC(=O)c1ccc2c(c1)OCO2. The highest BCUT2D eigenvalue weighted by Crippen LogP contribution is 2.32. The van der Waals surface area contributed by atoms with Crippen molar-refractivity contribution in [3.05, 3.63) is 71.8 Å². The molecule has 0 saturated carbocycles. The van der Waals surface area contributed by atoms with Crippen molar-refractivity contribution in [2.45, 2.75) is 6.42 Å². The Hall–Kier alpha value is -4.07. The second kappa shape index (κ2) is 8.52. The fraction of sp³-hybridized carbons (Fsp3) is 0.136. The van der Waals surface area contributed by atoms with E-state index >= 15 is 0 Å². The van der Waals surface area contributed by atoms with Gasteiger partial charge in [0.1, 0.15) is 0 Å². The van der Waals surface area contributed by atoms with E-state index in [0.29, 0.717) is 17.1 Å². The number of hydrazine groups is 1. The molecule has 3 amide bonds. The quantitative estimate of drug-likeness (QED) is 0.560. The molecule has 0 aliphatic carbocycles. The molecule has 1 heterocycles. The second-order valence-corrected chi connectivity index (χ2v) is 6.66. The Kier molecular flexibility index (Phi) is 5.47. The van der Waals surface area contributed by atoms with Crippen molar-refractivity contribution in [1.82, 2.24) is 16.2 Å². The molecule has 8 heteroatoms. The van der Waals surface area contributed by atoms with Gasteiger partial charge in [-0.05, 0) is 34.5 Å². The summed E-state index contributed by atoms with van der Waals surface area (Å²) in [4.78, 5) is 36.3. The number of carbonyl (C=O) groups is 3. The average molecular weight is 405 g/mol. The molecule has 4 rings (SSSR count). The van der Waals surface area contributed by atoms with Crippen LogP contribution in [0.3, 0.4) is 0 Å². The summed E-state index contributed by atoms with van der Waals surface area (Å²) in [6.07, 6.45) is 0.151.